The highest BCUT2D eigenvalue weighted by atomic mass is 16.8. The van der Waals surface area contributed by atoms with Crippen molar-refractivity contribution in [2.45, 2.75) is 31.8 Å². The monoisotopic (exact) mass is 214 g/mol. The van der Waals surface area contributed by atoms with Crippen molar-refractivity contribution in [3.05, 3.63) is 12.2 Å². The van der Waals surface area contributed by atoms with E-state index in [-0.39, 0.29) is 0 Å². The highest BCUT2D eigenvalue weighted by Gasteiger charge is 2.39. The summed E-state index contributed by atoms with van der Waals surface area (Å²) in [5.74, 6) is -1.30. The molecule has 1 heterocycles. The number of methoxy groups -OCH3 is 1. The highest BCUT2D eigenvalue weighted by molar-refractivity contribution is 5.82. The van der Waals surface area contributed by atoms with Gasteiger partial charge in [0.05, 0.1) is 7.11 Å². The fraction of sp³-hybridized carbons (Fsp3) is 0.600. The Morgan fingerprint density at radius 3 is 2.47 bits per heavy atom. The van der Waals surface area contributed by atoms with Crippen LogP contribution in [0, 0.1) is 0 Å². The molecule has 0 N–H and O–H groups in total. The third-order valence-electron chi connectivity index (χ3n) is 1.92. The van der Waals surface area contributed by atoms with Gasteiger partial charge >= 0.3 is 5.97 Å². The van der Waals surface area contributed by atoms with E-state index in [0.29, 0.717) is 6.29 Å². The first kappa shape index (κ1) is 11.9. The van der Waals surface area contributed by atoms with Crippen molar-refractivity contribution < 1.29 is 23.8 Å². The summed E-state index contributed by atoms with van der Waals surface area (Å²) in [7, 11) is 1.28. The molecule has 0 bridgehead atoms. The average molecular weight is 214 g/mol. The topological polar surface area (TPSA) is 61.8 Å². The van der Waals surface area contributed by atoms with Crippen LogP contribution < -0.4 is 0 Å². The molecule has 0 aromatic carbocycles. The normalized spacial score (nSPS) is 29.3. The maximum Gasteiger partial charge on any atom is 0.330 e. The zero-order valence-electron chi connectivity index (χ0n) is 8.93. The van der Waals surface area contributed by atoms with Crippen LogP contribution in [0.3, 0.4) is 0 Å². The molecule has 5 nitrogen and oxygen atoms in total. The van der Waals surface area contributed by atoms with Crippen LogP contribution in [0.25, 0.3) is 0 Å². The van der Waals surface area contributed by atoms with Crippen molar-refractivity contribution >= 4 is 12.3 Å². The van der Waals surface area contributed by atoms with Crippen molar-refractivity contribution in [2.75, 3.05) is 7.11 Å². The van der Waals surface area contributed by atoms with Gasteiger partial charge in [-0.3, -0.25) is 0 Å². The van der Waals surface area contributed by atoms with Gasteiger partial charge in [-0.15, -0.1) is 0 Å². The lowest BCUT2D eigenvalue weighted by atomic mass is 10.2. The molecule has 5 heteroatoms. The fourth-order valence-electron chi connectivity index (χ4n) is 1.31. The van der Waals surface area contributed by atoms with Gasteiger partial charge in [-0.2, -0.15) is 0 Å². The first-order chi connectivity index (χ1) is 6.98. The van der Waals surface area contributed by atoms with E-state index in [0.717, 1.165) is 0 Å². The number of carbonyl (C=O) groups excluding carboxylic acids is 2. The highest BCUT2D eigenvalue weighted by Crippen LogP contribution is 2.27. The number of carbonyl (C=O) groups is 2. The van der Waals surface area contributed by atoms with Crippen LogP contribution in [0.5, 0.6) is 0 Å². The van der Waals surface area contributed by atoms with Crippen molar-refractivity contribution in [3.8, 4) is 0 Å². The number of hydrogen-bond donors (Lipinski definition) is 0. The molecule has 0 radical (unpaired) electrons. The van der Waals surface area contributed by atoms with Gasteiger partial charge < -0.3 is 19.0 Å². The average Bonchev–Trinajstić information content (AvgIpc) is 2.49. The predicted molar refractivity (Wildman–Crippen MR) is 51.0 cm³/mol. The van der Waals surface area contributed by atoms with Gasteiger partial charge in [-0.05, 0) is 19.9 Å². The van der Waals surface area contributed by atoms with E-state index in [1.54, 1.807) is 13.8 Å². The smallest absolute Gasteiger partial charge is 0.330 e. The minimum Gasteiger partial charge on any atom is -0.466 e. The van der Waals surface area contributed by atoms with Gasteiger partial charge in [0.25, 0.3) is 0 Å². The Hall–Kier alpha value is -1.20. The van der Waals surface area contributed by atoms with Gasteiger partial charge in [0.2, 0.25) is 0 Å². The van der Waals surface area contributed by atoms with Gasteiger partial charge in [0.15, 0.2) is 12.1 Å². The molecule has 0 aromatic heterocycles. The summed E-state index contributed by atoms with van der Waals surface area (Å²) < 4.78 is 15.1. The summed E-state index contributed by atoms with van der Waals surface area (Å²) in [5, 5.41) is 0. The van der Waals surface area contributed by atoms with Gasteiger partial charge in [0, 0.05) is 6.08 Å². The molecule has 84 valence electrons. The van der Waals surface area contributed by atoms with E-state index in [9.17, 15) is 9.59 Å². The van der Waals surface area contributed by atoms with E-state index in [1.165, 1.54) is 19.3 Å². The number of esters is 1. The third kappa shape index (κ3) is 3.14. The first-order valence-corrected chi connectivity index (χ1v) is 4.55. The Morgan fingerprint density at radius 2 is 1.93 bits per heavy atom. The summed E-state index contributed by atoms with van der Waals surface area (Å²) in [6, 6.07) is 0. The lowest BCUT2D eigenvalue weighted by molar-refractivity contribution is -0.148. The van der Waals surface area contributed by atoms with Crippen LogP contribution in [0.15, 0.2) is 12.2 Å². The van der Waals surface area contributed by atoms with Crippen molar-refractivity contribution in [1.82, 2.24) is 0 Å². The van der Waals surface area contributed by atoms with E-state index in [2.05, 4.69) is 4.74 Å². The molecule has 0 saturated carbocycles. The molecule has 1 rings (SSSR count). The third-order valence-corrected chi connectivity index (χ3v) is 1.92. The second-order valence-corrected chi connectivity index (χ2v) is 3.58. The van der Waals surface area contributed by atoms with Crippen LogP contribution >= 0.6 is 0 Å². The SMILES string of the molecule is COC(=O)/C=C/[C@@H]1OC(C)(C)O[C@@H]1C=O. The van der Waals surface area contributed by atoms with Crippen molar-refractivity contribution in [1.29, 1.82) is 0 Å². The molecule has 0 aromatic rings. The standard InChI is InChI=1S/C10H14O5/c1-10(2)14-7(8(6-11)15-10)4-5-9(12)13-3/h4-8H,1-3H3/b5-4+/t7-,8+/m0/s1. The summed E-state index contributed by atoms with van der Waals surface area (Å²) in [5.41, 5.74) is 0. The molecule has 1 aliphatic rings. The Balaban J connectivity index is 2.65. The molecule has 15 heavy (non-hydrogen) atoms. The van der Waals surface area contributed by atoms with Crippen LogP contribution in [-0.4, -0.2) is 37.4 Å². The van der Waals surface area contributed by atoms with E-state index in [1.807, 2.05) is 0 Å². The van der Waals surface area contributed by atoms with Crippen molar-refractivity contribution in [3.63, 3.8) is 0 Å². The lowest BCUT2D eigenvalue weighted by Crippen LogP contribution is -2.22. The van der Waals surface area contributed by atoms with Crippen molar-refractivity contribution in [2.24, 2.45) is 0 Å². The zero-order chi connectivity index (χ0) is 11.5. The Labute approximate surface area is 88.0 Å². The maximum absolute atomic E-state index is 10.8. The number of rotatable bonds is 3. The second kappa shape index (κ2) is 4.55. The molecule has 0 aliphatic carbocycles. The van der Waals surface area contributed by atoms with Crippen LogP contribution in [0.4, 0.5) is 0 Å². The van der Waals surface area contributed by atoms with Crippen LogP contribution in [0.1, 0.15) is 13.8 Å². The lowest BCUT2D eigenvalue weighted by Gasteiger charge is -2.15. The molecule has 0 amide bonds. The summed E-state index contributed by atoms with van der Waals surface area (Å²) >= 11 is 0. The van der Waals surface area contributed by atoms with E-state index >= 15 is 0 Å². The largest absolute Gasteiger partial charge is 0.466 e. The first-order valence-electron chi connectivity index (χ1n) is 4.55. The summed E-state index contributed by atoms with van der Waals surface area (Å²) in [4.78, 5) is 21.5. The summed E-state index contributed by atoms with van der Waals surface area (Å²) in [6.45, 7) is 3.41. The quantitative estimate of drug-likeness (QED) is 0.387. The number of hydrogen-bond acceptors (Lipinski definition) is 5. The molecule has 1 aliphatic heterocycles. The van der Waals surface area contributed by atoms with Gasteiger partial charge in [-0.1, -0.05) is 0 Å². The van der Waals surface area contributed by atoms with E-state index < -0.39 is 24.0 Å². The Morgan fingerprint density at radius 1 is 1.33 bits per heavy atom. The minimum absolute atomic E-state index is 0.493. The van der Waals surface area contributed by atoms with Gasteiger partial charge in [-0.25, -0.2) is 4.79 Å². The Bertz CT molecular complexity index is 282. The minimum atomic E-state index is -0.809. The summed E-state index contributed by atoms with van der Waals surface area (Å²) in [6.07, 6.45) is 2.10. The molecular weight excluding hydrogens is 200 g/mol. The number of ether oxygens (including phenoxy) is 3. The number of aldehydes is 1. The molecule has 1 fully saturated rings. The predicted octanol–water partition coefficient (Wildman–Crippen LogP) is 0.435. The van der Waals surface area contributed by atoms with Gasteiger partial charge in [0.1, 0.15) is 12.2 Å². The molecule has 0 spiro atoms. The zero-order valence-corrected chi connectivity index (χ0v) is 8.93. The van der Waals surface area contributed by atoms with E-state index in [4.69, 9.17) is 9.47 Å². The molecular formula is C10H14O5. The second-order valence-electron chi connectivity index (χ2n) is 3.58. The molecule has 0 unspecified atom stereocenters. The van der Waals surface area contributed by atoms with Crippen LogP contribution in [0.2, 0.25) is 0 Å². The van der Waals surface area contributed by atoms with Crippen LogP contribution in [-0.2, 0) is 23.8 Å². The molecule has 2 atom stereocenters. The fourth-order valence-corrected chi connectivity index (χ4v) is 1.31. The Kier molecular flexibility index (Phi) is 3.60. The molecule has 1 saturated heterocycles. The maximum atomic E-state index is 10.8.